The molecule has 1 aromatic carbocycles. The van der Waals surface area contributed by atoms with Crippen molar-refractivity contribution in [3.8, 4) is 0 Å². The molecule has 0 aromatic heterocycles. The molecule has 18 heavy (non-hydrogen) atoms. The van der Waals surface area contributed by atoms with Gasteiger partial charge in [-0.25, -0.2) is 0 Å². The van der Waals surface area contributed by atoms with Crippen LogP contribution >= 0.6 is 0 Å². The van der Waals surface area contributed by atoms with Crippen LogP contribution in [0.25, 0.3) is 0 Å². The van der Waals surface area contributed by atoms with Gasteiger partial charge in [-0.3, -0.25) is 4.18 Å². The molecule has 0 aliphatic carbocycles. The molecule has 0 atom stereocenters. The molecule has 0 heterocycles. The van der Waals surface area contributed by atoms with Crippen LogP contribution in [0.3, 0.4) is 0 Å². The smallest absolute Gasteiger partial charge is 0.260 e. The summed E-state index contributed by atoms with van der Waals surface area (Å²) in [4.78, 5) is 0.216. The van der Waals surface area contributed by atoms with Crippen molar-refractivity contribution in [2.45, 2.75) is 57.5 Å². The van der Waals surface area contributed by atoms with Crippen LogP contribution in [0.2, 0.25) is 0 Å². The molecule has 0 saturated carbocycles. The average molecular weight is 270 g/mol. The van der Waals surface area contributed by atoms with Gasteiger partial charge in [-0.15, -0.1) is 0 Å². The lowest BCUT2D eigenvalue weighted by Crippen LogP contribution is -2.27. The van der Waals surface area contributed by atoms with E-state index in [9.17, 15) is 8.42 Å². The molecule has 102 valence electrons. The quantitative estimate of drug-likeness (QED) is 0.766. The Kier molecular flexibility index (Phi) is 4.56. The van der Waals surface area contributed by atoms with E-state index in [2.05, 4.69) is 13.8 Å². The first-order valence-electron chi connectivity index (χ1n) is 6.23. The number of rotatable bonds is 5. The molecule has 4 heteroatoms. The van der Waals surface area contributed by atoms with Crippen LogP contribution in [-0.2, 0) is 14.3 Å². The second kappa shape index (κ2) is 5.41. The second-order valence-electron chi connectivity index (χ2n) is 5.37. The van der Waals surface area contributed by atoms with Crippen molar-refractivity contribution in [2.75, 3.05) is 0 Å². The van der Waals surface area contributed by atoms with Gasteiger partial charge in [0, 0.05) is 0 Å². The molecule has 0 bridgehead atoms. The lowest BCUT2D eigenvalue weighted by atomic mass is 10.0. The molecule has 0 saturated heterocycles. The van der Waals surface area contributed by atoms with Gasteiger partial charge in [0.05, 0.1) is 10.5 Å². The van der Waals surface area contributed by atoms with E-state index in [0.717, 1.165) is 5.56 Å². The monoisotopic (exact) mass is 270 g/mol. The minimum atomic E-state index is -3.67. The lowest BCUT2D eigenvalue weighted by molar-refractivity contribution is 0.114. The van der Waals surface area contributed by atoms with Crippen LogP contribution < -0.4 is 0 Å². The van der Waals surface area contributed by atoms with Crippen molar-refractivity contribution in [1.29, 1.82) is 0 Å². The van der Waals surface area contributed by atoms with Crippen molar-refractivity contribution in [1.82, 2.24) is 0 Å². The van der Waals surface area contributed by atoms with Gasteiger partial charge < -0.3 is 0 Å². The highest BCUT2D eigenvalue weighted by atomic mass is 32.2. The molecule has 0 unspecified atom stereocenters. The van der Waals surface area contributed by atoms with Gasteiger partial charge in [-0.1, -0.05) is 32.9 Å². The molecular weight excluding hydrogens is 248 g/mol. The fourth-order valence-corrected chi connectivity index (χ4v) is 2.70. The summed E-state index contributed by atoms with van der Waals surface area (Å²) < 4.78 is 29.4. The molecule has 1 aromatic rings. The Hall–Kier alpha value is -0.870. The lowest BCUT2D eigenvalue weighted by Gasteiger charge is -2.22. The minimum Gasteiger partial charge on any atom is -0.260 e. The molecular formula is C14H22O3S. The van der Waals surface area contributed by atoms with E-state index in [1.807, 2.05) is 19.1 Å². The van der Waals surface area contributed by atoms with Gasteiger partial charge in [-0.05, 0) is 43.9 Å². The second-order valence-corrected chi connectivity index (χ2v) is 6.92. The van der Waals surface area contributed by atoms with Gasteiger partial charge in [-0.2, -0.15) is 8.42 Å². The summed E-state index contributed by atoms with van der Waals surface area (Å²) in [5.74, 6) is 0.384. The first kappa shape index (κ1) is 15.2. The number of benzene rings is 1. The Labute approximate surface area is 110 Å². The van der Waals surface area contributed by atoms with Crippen LogP contribution in [-0.4, -0.2) is 14.0 Å². The molecule has 0 aliphatic heterocycles. The standard InChI is InChI=1S/C14H22O3S/c1-6-14(4,5)17-18(15,16)13-9-7-12(8-10-13)11(2)3/h7-11H,6H2,1-5H3. The van der Waals surface area contributed by atoms with Gasteiger partial charge >= 0.3 is 0 Å². The van der Waals surface area contributed by atoms with Gasteiger partial charge in [0.1, 0.15) is 0 Å². The number of hydrogen-bond acceptors (Lipinski definition) is 3. The summed E-state index contributed by atoms with van der Waals surface area (Å²) in [6, 6.07) is 6.88. The Morgan fingerprint density at radius 2 is 1.67 bits per heavy atom. The molecule has 0 radical (unpaired) electrons. The summed E-state index contributed by atoms with van der Waals surface area (Å²) in [7, 11) is -3.67. The Morgan fingerprint density at radius 3 is 2.06 bits per heavy atom. The van der Waals surface area contributed by atoms with Crippen molar-refractivity contribution < 1.29 is 12.6 Å². The van der Waals surface area contributed by atoms with Crippen molar-refractivity contribution in [3.05, 3.63) is 29.8 Å². The highest BCUT2D eigenvalue weighted by molar-refractivity contribution is 7.86. The minimum absolute atomic E-state index is 0.216. The molecule has 0 N–H and O–H groups in total. The first-order chi connectivity index (χ1) is 8.18. The zero-order chi connectivity index (χ0) is 14.0. The SMILES string of the molecule is CCC(C)(C)OS(=O)(=O)c1ccc(C(C)C)cc1. The Morgan fingerprint density at radius 1 is 1.17 bits per heavy atom. The third kappa shape index (κ3) is 3.82. The molecule has 3 nitrogen and oxygen atoms in total. The third-order valence-corrected chi connectivity index (χ3v) is 4.54. The fourth-order valence-electron chi connectivity index (χ4n) is 1.42. The maximum atomic E-state index is 12.1. The van der Waals surface area contributed by atoms with Crippen molar-refractivity contribution in [2.24, 2.45) is 0 Å². The van der Waals surface area contributed by atoms with E-state index in [1.54, 1.807) is 26.0 Å². The summed E-state index contributed by atoms with van der Waals surface area (Å²) in [5.41, 5.74) is 0.443. The summed E-state index contributed by atoms with van der Waals surface area (Å²) in [5, 5.41) is 0. The maximum absolute atomic E-state index is 12.1. The predicted molar refractivity (Wildman–Crippen MR) is 73.2 cm³/mol. The van der Waals surface area contributed by atoms with E-state index >= 15 is 0 Å². The van der Waals surface area contributed by atoms with E-state index in [1.165, 1.54) is 0 Å². The summed E-state index contributed by atoms with van der Waals surface area (Å²) >= 11 is 0. The topological polar surface area (TPSA) is 43.4 Å². The van der Waals surface area contributed by atoms with Crippen LogP contribution in [0.15, 0.2) is 29.2 Å². The van der Waals surface area contributed by atoms with Gasteiger partial charge in [0.2, 0.25) is 0 Å². The van der Waals surface area contributed by atoms with Crippen molar-refractivity contribution in [3.63, 3.8) is 0 Å². The normalized spacial score (nSPS) is 13.0. The van der Waals surface area contributed by atoms with E-state index in [0.29, 0.717) is 12.3 Å². The molecule has 0 amide bonds. The fraction of sp³-hybridized carbons (Fsp3) is 0.571. The average Bonchev–Trinajstić information content (AvgIpc) is 2.28. The van der Waals surface area contributed by atoms with Crippen LogP contribution in [0.4, 0.5) is 0 Å². The summed E-state index contributed by atoms with van der Waals surface area (Å²) in [6.07, 6.45) is 0.635. The molecule has 0 fully saturated rings. The van der Waals surface area contributed by atoms with Crippen LogP contribution in [0.5, 0.6) is 0 Å². The van der Waals surface area contributed by atoms with Crippen LogP contribution in [0, 0.1) is 0 Å². The maximum Gasteiger partial charge on any atom is 0.297 e. The summed E-state index contributed by atoms with van der Waals surface area (Å²) in [6.45, 7) is 9.58. The molecule has 0 spiro atoms. The predicted octanol–water partition coefficient (Wildman–Crippen LogP) is 3.70. The van der Waals surface area contributed by atoms with Gasteiger partial charge in [0.25, 0.3) is 10.1 Å². The molecule has 0 aliphatic rings. The van der Waals surface area contributed by atoms with E-state index in [-0.39, 0.29) is 4.90 Å². The van der Waals surface area contributed by atoms with E-state index in [4.69, 9.17) is 4.18 Å². The number of hydrogen-bond donors (Lipinski definition) is 0. The third-order valence-electron chi connectivity index (χ3n) is 3.02. The highest BCUT2D eigenvalue weighted by Gasteiger charge is 2.26. The molecule has 1 rings (SSSR count). The van der Waals surface area contributed by atoms with Crippen molar-refractivity contribution >= 4 is 10.1 Å². The van der Waals surface area contributed by atoms with Crippen LogP contribution in [0.1, 0.15) is 52.5 Å². The highest BCUT2D eigenvalue weighted by Crippen LogP contribution is 2.24. The van der Waals surface area contributed by atoms with Gasteiger partial charge in [0.15, 0.2) is 0 Å². The van der Waals surface area contributed by atoms with E-state index < -0.39 is 15.7 Å². The zero-order valence-corrected chi connectivity index (χ0v) is 12.5. The first-order valence-corrected chi connectivity index (χ1v) is 7.64. The largest absolute Gasteiger partial charge is 0.297 e. The zero-order valence-electron chi connectivity index (χ0n) is 11.7. The Bertz CT molecular complexity index is 484. The Balaban J connectivity index is 2.99.